The molecule has 1 aromatic heterocycles. The predicted octanol–water partition coefficient (Wildman–Crippen LogP) is 2.57. The highest BCUT2D eigenvalue weighted by Gasteiger charge is 2.02. The minimum absolute atomic E-state index is 0.157. The van der Waals surface area contributed by atoms with E-state index in [1.807, 2.05) is 0 Å². The lowest BCUT2D eigenvalue weighted by atomic mass is 10.1. The Labute approximate surface area is 109 Å². The summed E-state index contributed by atoms with van der Waals surface area (Å²) in [6.07, 6.45) is 2.05. The molecule has 0 spiro atoms. The number of halogens is 1. The van der Waals surface area contributed by atoms with Gasteiger partial charge in [-0.3, -0.25) is 0 Å². The molecule has 0 amide bonds. The van der Waals surface area contributed by atoms with Crippen molar-refractivity contribution in [3.8, 4) is 0 Å². The van der Waals surface area contributed by atoms with Crippen LogP contribution in [0.5, 0.6) is 0 Å². The zero-order chi connectivity index (χ0) is 13.7. The molecule has 2 aromatic rings. The minimum Gasteiger partial charge on any atom is -0.478 e. The molecule has 0 unspecified atom stereocenters. The molecular formula is C14H13FN2O2. The highest BCUT2D eigenvalue weighted by Crippen LogP contribution is 2.07. The Hall–Kier alpha value is -2.43. The summed E-state index contributed by atoms with van der Waals surface area (Å²) >= 11 is 0. The summed E-state index contributed by atoms with van der Waals surface area (Å²) < 4.78 is 12.7. The molecule has 0 aliphatic rings. The van der Waals surface area contributed by atoms with Crippen molar-refractivity contribution in [3.63, 3.8) is 0 Å². The Morgan fingerprint density at radius 2 is 1.95 bits per heavy atom. The fourth-order valence-corrected chi connectivity index (χ4v) is 1.61. The van der Waals surface area contributed by atoms with Crippen molar-refractivity contribution in [2.45, 2.75) is 6.42 Å². The average molecular weight is 260 g/mol. The van der Waals surface area contributed by atoms with Crippen LogP contribution in [0.2, 0.25) is 0 Å². The van der Waals surface area contributed by atoms with Gasteiger partial charge in [-0.05, 0) is 36.2 Å². The van der Waals surface area contributed by atoms with Crippen molar-refractivity contribution in [2.75, 3.05) is 11.9 Å². The van der Waals surface area contributed by atoms with Gasteiger partial charge in [0.05, 0.1) is 5.56 Å². The first-order chi connectivity index (χ1) is 9.15. The van der Waals surface area contributed by atoms with E-state index in [1.54, 1.807) is 18.2 Å². The molecule has 1 heterocycles. The predicted molar refractivity (Wildman–Crippen MR) is 69.8 cm³/mol. The van der Waals surface area contributed by atoms with Crippen molar-refractivity contribution >= 4 is 11.8 Å². The number of benzene rings is 1. The molecule has 0 aliphatic heterocycles. The van der Waals surface area contributed by atoms with Crippen LogP contribution in [0.3, 0.4) is 0 Å². The van der Waals surface area contributed by atoms with E-state index in [0.717, 1.165) is 12.0 Å². The van der Waals surface area contributed by atoms with Gasteiger partial charge in [0.25, 0.3) is 0 Å². The smallest absolute Gasteiger partial charge is 0.337 e. The number of anilines is 1. The molecule has 0 atom stereocenters. The molecule has 2 N–H and O–H groups in total. The van der Waals surface area contributed by atoms with Crippen molar-refractivity contribution in [3.05, 3.63) is 59.5 Å². The molecule has 0 fully saturated rings. The molecule has 5 heteroatoms. The summed E-state index contributed by atoms with van der Waals surface area (Å²) in [6.45, 7) is 0.644. The van der Waals surface area contributed by atoms with Crippen LogP contribution in [-0.4, -0.2) is 22.6 Å². The third-order valence-electron chi connectivity index (χ3n) is 2.64. The van der Waals surface area contributed by atoms with Crippen LogP contribution in [-0.2, 0) is 6.42 Å². The molecular weight excluding hydrogens is 247 g/mol. The summed E-state index contributed by atoms with van der Waals surface area (Å²) in [7, 11) is 0. The Morgan fingerprint density at radius 1 is 1.21 bits per heavy atom. The van der Waals surface area contributed by atoms with Crippen LogP contribution in [0.1, 0.15) is 15.9 Å². The lowest BCUT2D eigenvalue weighted by molar-refractivity contribution is 0.0696. The third-order valence-corrected chi connectivity index (χ3v) is 2.64. The standard InChI is InChI=1S/C14H13FN2O2/c15-12-4-1-10(2-5-12)7-8-16-13-6-3-11(9-17-13)14(18)19/h1-6,9H,7-8H2,(H,16,17)(H,18,19). The first-order valence-electron chi connectivity index (χ1n) is 5.83. The van der Waals surface area contributed by atoms with Crippen LogP contribution in [0.4, 0.5) is 10.2 Å². The number of carboxylic acids is 1. The number of nitrogens with zero attached hydrogens (tertiary/aromatic N) is 1. The van der Waals surface area contributed by atoms with Gasteiger partial charge in [0.1, 0.15) is 11.6 Å². The maximum Gasteiger partial charge on any atom is 0.337 e. The number of hydrogen-bond donors (Lipinski definition) is 2. The molecule has 19 heavy (non-hydrogen) atoms. The monoisotopic (exact) mass is 260 g/mol. The maximum absolute atomic E-state index is 12.7. The van der Waals surface area contributed by atoms with Gasteiger partial charge in [0.15, 0.2) is 0 Å². The average Bonchev–Trinajstić information content (AvgIpc) is 2.41. The number of pyridine rings is 1. The zero-order valence-electron chi connectivity index (χ0n) is 10.1. The first-order valence-corrected chi connectivity index (χ1v) is 5.83. The lowest BCUT2D eigenvalue weighted by Gasteiger charge is -2.05. The number of aromatic nitrogens is 1. The highest BCUT2D eigenvalue weighted by molar-refractivity contribution is 5.87. The number of rotatable bonds is 5. The first kappa shape index (κ1) is 13.0. The second-order valence-corrected chi connectivity index (χ2v) is 4.04. The van der Waals surface area contributed by atoms with Crippen LogP contribution in [0.15, 0.2) is 42.6 Å². The Balaban J connectivity index is 1.85. The summed E-state index contributed by atoms with van der Waals surface area (Å²) in [5.41, 5.74) is 1.18. The summed E-state index contributed by atoms with van der Waals surface area (Å²) in [6, 6.07) is 9.43. The van der Waals surface area contributed by atoms with Gasteiger partial charge in [0.2, 0.25) is 0 Å². The van der Waals surface area contributed by atoms with E-state index >= 15 is 0 Å². The van der Waals surface area contributed by atoms with Gasteiger partial charge in [-0.25, -0.2) is 14.2 Å². The van der Waals surface area contributed by atoms with E-state index in [-0.39, 0.29) is 11.4 Å². The van der Waals surface area contributed by atoms with E-state index in [1.165, 1.54) is 24.4 Å². The van der Waals surface area contributed by atoms with E-state index in [0.29, 0.717) is 12.4 Å². The molecule has 0 radical (unpaired) electrons. The van der Waals surface area contributed by atoms with Gasteiger partial charge in [-0.2, -0.15) is 0 Å². The summed E-state index contributed by atoms with van der Waals surface area (Å²) in [5, 5.41) is 11.8. The molecule has 2 rings (SSSR count). The van der Waals surface area contributed by atoms with E-state index in [4.69, 9.17) is 5.11 Å². The number of hydrogen-bond acceptors (Lipinski definition) is 3. The fourth-order valence-electron chi connectivity index (χ4n) is 1.61. The summed E-state index contributed by atoms with van der Waals surface area (Å²) in [4.78, 5) is 14.6. The van der Waals surface area contributed by atoms with Gasteiger partial charge < -0.3 is 10.4 Å². The molecule has 4 nitrogen and oxygen atoms in total. The normalized spacial score (nSPS) is 10.2. The minimum atomic E-state index is -0.995. The van der Waals surface area contributed by atoms with Crippen LogP contribution in [0.25, 0.3) is 0 Å². The number of carbonyl (C=O) groups is 1. The summed E-state index contributed by atoms with van der Waals surface area (Å²) in [5.74, 6) is -0.625. The lowest BCUT2D eigenvalue weighted by Crippen LogP contribution is -2.07. The van der Waals surface area contributed by atoms with Crippen molar-refractivity contribution < 1.29 is 14.3 Å². The van der Waals surface area contributed by atoms with Gasteiger partial charge in [0, 0.05) is 12.7 Å². The fraction of sp³-hybridized carbons (Fsp3) is 0.143. The molecule has 0 saturated heterocycles. The van der Waals surface area contributed by atoms with Crippen LogP contribution in [0, 0.1) is 5.82 Å². The van der Waals surface area contributed by atoms with Crippen LogP contribution >= 0.6 is 0 Å². The Kier molecular flexibility index (Phi) is 4.07. The molecule has 0 bridgehead atoms. The van der Waals surface area contributed by atoms with E-state index in [9.17, 15) is 9.18 Å². The number of carboxylic acid groups (broad SMARTS) is 1. The molecule has 0 aliphatic carbocycles. The molecule has 0 saturated carbocycles. The van der Waals surface area contributed by atoms with E-state index in [2.05, 4.69) is 10.3 Å². The van der Waals surface area contributed by atoms with Crippen molar-refractivity contribution in [2.24, 2.45) is 0 Å². The van der Waals surface area contributed by atoms with Gasteiger partial charge in [-0.1, -0.05) is 12.1 Å². The molecule has 98 valence electrons. The number of aromatic carboxylic acids is 1. The highest BCUT2D eigenvalue weighted by atomic mass is 19.1. The van der Waals surface area contributed by atoms with E-state index < -0.39 is 5.97 Å². The van der Waals surface area contributed by atoms with Crippen molar-refractivity contribution in [1.82, 2.24) is 4.98 Å². The number of nitrogens with one attached hydrogen (secondary N) is 1. The maximum atomic E-state index is 12.7. The van der Waals surface area contributed by atoms with Crippen molar-refractivity contribution in [1.29, 1.82) is 0 Å². The van der Waals surface area contributed by atoms with Gasteiger partial charge in [-0.15, -0.1) is 0 Å². The topological polar surface area (TPSA) is 62.2 Å². The molecule has 1 aromatic carbocycles. The van der Waals surface area contributed by atoms with Gasteiger partial charge >= 0.3 is 5.97 Å². The SMILES string of the molecule is O=C(O)c1ccc(NCCc2ccc(F)cc2)nc1. The second-order valence-electron chi connectivity index (χ2n) is 4.04. The Morgan fingerprint density at radius 3 is 2.53 bits per heavy atom. The van der Waals surface area contributed by atoms with Crippen LogP contribution < -0.4 is 5.32 Å². The largest absolute Gasteiger partial charge is 0.478 e. The Bertz CT molecular complexity index is 553. The zero-order valence-corrected chi connectivity index (χ0v) is 10.1. The quantitative estimate of drug-likeness (QED) is 0.867. The third kappa shape index (κ3) is 3.77. The second kappa shape index (κ2) is 5.95.